The van der Waals surface area contributed by atoms with Gasteiger partial charge in [0.25, 0.3) is 0 Å². The molecule has 6 heteroatoms. The van der Waals surface area contributed by atoms with Crippen LogP contribution in [0, 0.1) is 0 Å². The molecule has 3 aromatic heterocycles. The Morgan fingerprint density at radius 3 is 2.88 bits per heavy atom. The number of anilines is 1. The van der Waals surface area contributed by atoms with Gasteiger partial charge in [0.05, 0.1) is 10.2 Å². The topological polar surface area (TPSA) is 69.1 Å². The molecule has 0 unspecified atom stereocenters. The smallest absolute Gasteiger partial charge is 0.153 e. The molecule has 0 bridgehead atoms. The van der Waals surface area contributed by atoms with E-state index in [9.17, 15) is 0 Å². The van der Waals surface area contributed by atoms with Gasteiger partial charge in [0, 0.05) is 12.4 Å². The molecule has 3 rings (SSSR count). The van der Waals surface area contributed by atoms with Gasteiger partial charge in [-0.05, 0) is 34.1 Å². The monoisotopic (exact) mass is 289 g/mol. The van der Waals surface area contributed by atoms with Crippen LogP contribution in [0.1, 0.15) is 0 Å². The number of nitrogens with two attached hydrogens (primary N) is 1. The molecule has 3 aromatic rings. The number of pyridine rings is 1. The van der Waals surface area contributed by atoms with Gasteiger partial charge in [-0.15, -0.1) is 0 Å². The number of hydrogen-bond donors (Lipinski definition) is 1. The van der Waals surface area contributed by atoms with Crippen molar-refractivity contribution in [2.24, 2.45) is 0 Å². The Morgan fingerprint density at radius 1 is 1.29 bits per heavy atom. The number of nitrogens with zero attached hydrogens (tertiary/aromatic N) is 4. The van der Waals surface area contributed by atoms with Gasteiger partial charge in [0.2, 0.25) is 0 Å². The summed E-state index contributed by atoms with van der Waals surface area (Å²) in [6, 6.07) is 5.61. The summed E-state index contributed by atoms with van der Waals surface area (Å²) in [5.41, 5.74) is 8.22. The van der Waals surface area contributed by atoms with Crippen molar-refractivity contribution in [2.75, 3.05) is 5.73 Å². The Morgan fingerprint density at radius 2 is 2.18 bits per heavy atom. The molecule has 0 fully saturated rings. The van der Waals surface area contributed by atoms with Crippen molar-refractivity contribution < 1.29 is 0 Å². The number of aromatic nitrogens is 4. The second-order valence-electron chi connectivity index (χ2n) is 3.49. The summed E-state index contributed by atoms with van der Waals surface area (Å²) in [6.45, 7) is 0. The number of imidazole rings is 1. The molecular weight excluding hydrogens is 282 g/mol. The lowest BCUT2D eigenvalue weighted by Crippen LogP contribution is -1.94. The van der Waals surface area contributed by atoms with Gasteiger partial charge in [-0.2, -0.15) is 0 Å². The minimum atomic E-state index is 0.569. The Hall–Kier alpha value is -1.95. The van der Waals surface area contributed by atoms with Crippen LogP contribution < -0.4 is 5.73 Å². The molecule has 0 aliphatic carbocycles. The van der Waals surface area contributed by atoms with Crippen molar-refractivity contribution in [3.8, 4) is 11.4 Å². The molecule has 17 heavy (non-hydrogen) atoms. The molecule has 0 aromatic carbocycles. The fourth-order valence-corrected chi connectivity index (χ4v) is 2.10. The van der Waals surface area contributed by atoms with E-state index in [4.69, 9.17) is 5.73 Å². The second kappa shape index (κ2) is 3.81. The van der Waals surface area contributed by atoms with Gasteiger partial charge >= 0.3 is 0 Å². The van der Waals surface area contributed by atoms with Crippen LogP contribution >= 0.6 is 15.9 Å². The van der Waals surface area contributed by atoms with Gasteiger partial charge in [0.15, 0.2) is 5.65 Å². The number of nitrogen functional groups attached to an aromatic ring is 1. The maximum Gasteiger partial charge on any atom is 0.153 e. The van der Waals surface area contributed by atoms with Gasteiger partial charge in [0.1, 0.15) is 17.8 Å². The molecule has 0 amide bonds. The van der Waals surface area contributed by atoms with Crippen molar-refractivity contribution in [1.82, 2.24) is 19.4 Å². The molecule has 0 saturated carbocycles. The molecule has 2 N–H and O–H groups in total. The lowest BCUT2D eigenvalue weighted by atomic mass is 10.3. The van der Waals surface area contributed by atoms with Crippen molar-refractivity contribution >= 4 is 27.4 Å². The van der Waals surface area contributed by atoms with Crippen LogP contribution in [0.3, 0.4) is 0 Å². The highest BCUT2D eigenvalue weighted by atomic mass is 79.9. The average Bonchev–Trinajstić information content (AvgIpc) is 2.70. The predicted octanol–water partition coefficient (Wildman–Crippen LogP) is 2.14. The molecule has 3 heterocycles. The van der Waals surface area contributed by atoms with E-state index in [1.165, 1.54) is 6.33 Å². The van der Waals surface area contributed by atoms with E-state index in [0.717, 1.165) is 10.1 Å². The highest BCUT2D eigenvalue weighted by molar-refractivity contribution is 9.10. The zero-order chi connectivity index (χ0) is 11.8. The number of rotatable bonds is 1. The molecule has 0 atom stereocenters. The molecule has 0 spiro atoms. The summed E-state index contributed by atoms with van der Waals surface area (Å²) in [5, 5.41) is 0. The molecule has 0 radical (unpaired) electrons. The number of fused-ring (bicyclic) bond motifs is 1. The SMILES string of the molecule is Nc1c(-c2ccncn2)nc2c(Br)cccn12. The largest absolute Gasteiger partial charge is 0.383 e. The van der Waals surface area contributed by atoms with E-state index >= 15 is 0 Å². The standard InChI is InChI=1S/C11H8BrN5/c12-7-2-1-5-17-10(13)9(16-11(7)17)8-3-4-14-6-15-8/h1-6H,13H2. The van der Waals surface area contributed by atoms with E-state index in [0.29, 0.717) is 17.2 Å². The highest BCUT2D eigenvalue weighted by Gasteiger charge is 2.13. The van der Waals surface area contributed by atoms with Crippen molar-refractivity contribution in [3.05, 3.63) is 41.4 Å². The fourth-order valence-electron chi connectivity index (χ4n) is 1.67. The first-order valence-corrected chi connectivity index (χ1v) is 5.75. The van der Waals surface area contributed by atoms with Crippen molar-refractivity contribution in [2.45, 2.75) is 0 Å². The van der Waals surface area contributed by atoms with E-state index in [2.05, 4.69) is 30.9 Å². The fraction of sp³-hybridized carbons (Fsp3) is 0. The summed E-state index contributed by atoms with van der Waals surface area (Å²) in [5.74, 6) is 0.569. The normalized spacial score (nSPS) is 10.9. The molecule has 0 aliphatic rings. The summed E-state index contributed by atoms with van der Waals surface area (Å²) in [4.78, 5) is 12.5. The summed E-state index contributed by atoms with van der Waals surface area (Å²) in [7, 11) is 0. The third-order valence-electron chi connectivity index (χ3n) is 2.46. The lowest BCUT2D eigenvalue weighted by Gasteiger charge is -1.97. The van der Waals surface area contributed by atoms with Crippen LogP contribution in [-0.2, 0) is 0 Å². The maximum absolute atomic E-state index is 6.06. The Labute approximate surface area is 105 Å². The lowest BCUT2D eigenvalue weighted by molar-refractivity contribution is 1.16. The quantitative estimate of drug-likeness (QED) is 0.745. The molecule has 0 aliphatic heterocycles. The number of hydrogen-bond acceptors (Lipinski definition) is 4. The first-order chi connectivity index (χ1) is 8.27. The zero-order valence-corrected chi connectivity index (χ0v) is 10.3. The third-order valence-corrected chi connectivity index (χ3v) is 3.08. The third kappa shape index (κ3) is 1.57. The summed E-state index contributed by atoms with van der Waals surface area (Å²) >= 11 is 3.45. The first kappa shape index (κ1) is 10.2. The van der Waals surface area contributed by atoms with Gasteiger partial charge in [-0.1, -0.05) is 0 Å². The van der Waals surface area contributed by atoms with Crippen LogP contribution in [0.15, 0.2) is 41.4 Å². The highest BCUT2D eigenvalue weighted by Crippen LogP contribution is 2.27. The minimum Gasteiger partial charge on any atom is -0.383 e. The van der Waals surface area contributed by atoms with E-state index in [1.54, 1.807) is 12.3 Å². The molecule has 0 saturated heterocycles. The molecule has 5 nitrogen and oxygen atoms in total. The number of halogens is 1. The van der Waals surface area contributed by atoms with Gasteiger partial charge < -0.3 is 5.73 Å². The predicted molar refractivity (Wildman–Crippen MR) is 68.3 cm³/mol. The van der Waals surface area contributed by atoms with Crippen LogP contribution in [0.4, 0.5) is 5.82 Å². The summed E-state index contributed by atoms with van der Waals surface area (Å²) < 4.78 is 2.72. The van der Waals surface area contributed by atoms with E-state index < -0.39 is 0 Å². The van der Waals surface area contributed by atoms with Crippen LogP contribution in [0.5, 0.6) is 0 Å². The Kier molecular flexibility index (Phi) is 2.29. The van der Waals surface area contributed by atoms with Crippen molar-refractivity contribution in [3.63, 3.8) is 0 Å². The molecular formula is C11H8BrN5. The first-order valence-electron chi connectivity index (χ1n) is 4.96. The summed E-state index contributed by atoms with van der Waals surface area (Å²) in [6.07, 6.45) is 5.02. The van der Waals surface area contributed by atoms with Crippen LogP contribution in [0.2, 0.25) is 0 Å². The van der Waals surface area contributed by atoms with Crippen molar-refractivity contribution in [1.29, 1.82) is 0 Å². The minimum absolute atomic E-state index is 0.569. The second-order valence-corrected chi connectivity index (χ2v) is 4.34. The van der Waals surface area contributed by atoms with Crippen LogP contribution in [0.25, 0.3) is 17.0 Å². The van der Waals surface area contributed by atoms with Crippen LogP contribution in [-0.4, -0.2) is 19.4 Å². The van der Waals surface area contributed by atoms with E-state index in [-0.39, 0.29) is 0 Å². The Bertz CT molecular complexity index is 677. The maximum atomic E-state index is 6.06. The molecule has 84 valence electrons. The van der Waals surface area contributed by atoms with Gasteiger partial charge in [-0.3, -0.25) is 4.40 Å². The van der Waals surface area contributed by atoms with E-state index in [1.807, 2.05) is 22.7 Å². The Balaban J connectivity index is 2.32. The zero-order valence-electron chi connectivity index (χ0n) is 8.71. The average molecular weight is 290 g/mol. The van der Waals surface area contributed by atoms with Gasteiger partial charge in [-0.25, -0.2) is 15.0 Å².